The fourth-order valence-corrected chi connectivity index (χ4v) is 3.25. The molecule has 0 N–H and O–H groups in total. The first-order chi connectivity index (χ1) is 10.6. The van der Waals surface area contributed by atoms with Gasteiger partial charge < -0.3 is 14.5 Å². The number of ether oxygens (including phenoxy) is 1. The first-order valence-corrected chi connectivity index (χ1v) is 8.07. The summed E-state index contributed by atoms with van der Waals surface area (Å²) >= 11 is 0. The Morgan fingerprint density at radius 3 is 2.55 bits per heavy atom. The van der Waals surface area contributed by atoms with E-state index in [2.05, 4.69) is 14.9 Å². The predicted molar refractivity (Wildman–Crippen MR) is 83.8 cm³/mol. The number of nitrogens with zero attached hydrogens (tertiary/aromatic N) is 4. The van der Waals surface area contributed by atoms with Gasteiger partial charge in [0.15, 0.2) is 0 Å². The highest BCUT2D eigenvalue weighted by Gasteiger charge is 2.31. The molecular weight excluding hydrogens is 280 g/mol. The van der Waals surface area contributed by atoms with E-state index in [1.807, 2.05) is 24.8 Å². The van der Waals surface area contributed by atoms with Crippen LogP contribution in [0.15, 0.2) is 6.07 Å². The van der Waals surface area contributed by atoms with Gasteiger partial charge in [0.1, 0.15) is 0 Å². The molecule has 6 heteroatoms. The van der Waals surface area contributed by atoms with Crippen molar-refractivity contribution in [3.63, 3.8) is 0 Å². The van der Waals surface area contributed by atoms with Crippen molar-refractivity contribution in [1.29, 1.82) is 0 Å². The minimum absolute atomic E-state index is 0.0521. The second-order valence-electron chi connectivity index (χ2n) is 6.17. The van der Waals surface area contributed by atoms with Crippen LogP contribution in [0.5, 0.6) is 0 Å². The molecule has 1 amide bonds. The molecule has 120 valence electrons. The van der Waals surface area contributed by atoms with Gasteiger partial charge in [-0.25, -0.2) is 9.97 Å². The van der Waals surface area contributed by atoms with Gasteiger partial charge in [-0.05, 0) is 32.8 Å². The van der Waals surface area contributed by atoms with E-state index in [-0.39, 0.29) is 11.8 Å². The molecule has 1 unspecified atom stereocenters. The summed E-state index contributed by atoms with van der Waals surface area (Å²) in [5.41, 5.74) is 1.95. The van der Waals surface area contributed by atoms with Crippen LogP contribution in [-0.4, -0.2) is 60.2 Å². The van der Waals surface area contributed by atoms with E-state index >= 15 is 0 Å². The van der Waals surface area contributed by atoms with Gasteiger partial charge in [-0.3, -0.25) is 4.79 Å². The zero-order valence-corrected chi connectivity index (χ0v) is 13.4. The summed E-state index contributed by atoms with van der Waals surface area (Å²) in [5.74, 6) is 1.07. The summed E-state index contributed by atoms with van der Waals surface area (Å²) in [4.78, 5) is 25.8. The standard InChI is InChI=1S/C16H24N4O2/c1-12-10-13(2)18-16(17-12)20-5-3-4-14(11-20)15(21)19-6-8-22-9-7-19/h10,14H,3-9,11H2,1-2H3. The number of carbonyl (C=O) groups is 1. The highest BCUT2D eigenvalue weighted by Crippen LogP contribution is 2.23. The van der Waals surface area contributed by atoms with Crippen LogP contribution < -0.4 is 4.90 Å². The number of aryl methyl sites for hydroxylation is 2. The lowest BCUT2D eigenvalue weighted by Crippen LogP contribution is -2.48. The Morgan fingerprint density at radius 1 is 1.18 bits per heavy atom. The Hall–Kier alpha value is -1.69. The van der Waals surface area contributed by atoms with E-state index < -0.39 is 0 Å². The number of piperidine rings is 1. The van der Waals surface area contributed by atoms with E-state index in [9.17, 15) is 4.79 Å². The van der Waals surface area contributed by atoms with E-state index in [0.717, 1.165) is 56.4 Å². The van der Waals surface area contributed by atoms with Crippen LogP contribution in [0.4, 0.5) is 5.95 Å². The van der Waals surface area contributed by atoms with Crippen molar-refractivity contribution < 1.29 is 9.53 Å². The predicted octanol–water partition coefficient (Wildman–Crippen LogP) is 1.17. The summed E-state index contributed by atoms with van der Waals surface area (Å²) in [6, 6.07) is 1.98. The van der Waals surface area contributed by atoms with Crippen molar-refractivity contribution in [2.45, 2.75) is 26.7 Å². The summed E-state index contributed by atoms with van der Waals surface area (Å²) in [6.45, 7) is 8.36. The largest absolute Gasteiger partial charge is 0.378 e. The molecule has 0 aromatic carbocycles. The number of rotatable bonds is 2. The fourth-order valence-electron chi connectivity index (χ4n) is 3.25. The number of aromatic nitrogens is 2. The third-order valence-electron chi connectivity index (χ3n) is 4.35. The van der Waals surface area contributed by atoms with Gasteiger partial charge in [-0.15, -0.1) is 0 Å². The minimum Gasteiger partial charge on any atom is -0.378 e. The molecule has 1 aromatic heterocycles. The molecule has 2 aliphatic rings. The maximum absolute atomic E-state index is 12.7. The average molecular weight is 304 g/mol. The normalized spacial score (nSPS) is 22.7. The Labute approximate surface area is 131 Å². The molecule has 0 radical (unpaired) electrons. The van der Waals surface area contributed by atoms with Gasteiger partial charge in [-0.2, -0.15) is 0 Å². The number of hydrogen-bond acceptors (Lipinski definition) is 5. The Balaban J connectivity index is 1.69. The van der Waals surface area contributed by atoms with Gasteiger partial charge in [0, 0.05) is 37.6 Å². The molecule has 3 heterocycles. The molecule has 2 fully saturated rings. The smallest absolute Gasteiger partial charge is 0.227 e. The van der Waals surface area contributed by atoms with Crippen molar-refractivity contribution in [2.75, 3.05) is 44.3 Å². The number of hydrogen-bond donors (Lipinski definition) is 0. The fraction of sp³-hybridized carbons (Fsp3) is 0.688. The summed E-state index contributed by atoms with van der Waals surface area (Å²) in [7, 11) is 0. The molecule has 2 aliphatic heterocycles. The van der Waals surface area contributed by atoms with Crippen LogP contribution in [0.3, 0.4) is 0 Å². The van der Waals surface area contributed by atoms with E-state index in [1.54, 1.807) is 0 Å². The molecule has 6 nitrogen and oxygen atoms in total. The topological polar surface area (TPSA) is 58.6 Å². The second kappa shape index (κ2) is 6.60. The Bertz CT molecular complexity index is 523. The van der Waals surface area contributed by atoms with Gasteiger partial charge >= 0.3 is 0 Å². The number of amides is 1. The van der Waals surface area contributed by atoms with Crippen LogP contribution in [0.2, 0.25) is 0 Å². The molecule has 0 spiro atoms. The lowest BCUT2D eigenvalue weighted by molar-refractivity contribution is -0.139. The number of anilines is 1. The van der Waals surface area contributed by atoms with Gasteiger partial charge in [0.25, 0.3) is 0 Å². The molecule has 0 bridgehead atoms. The van der Waals surface area contributed by atoms with Crippen molar-refractivity contribution in [1.82, 2.24) is 14.9 Å². The first kappa shape index (κ1) is 15.2. The van der Waals surface area contributed by atoms with Crippen LogP contribution in [-0.2, 0) is 9.53 Å². The highest BCUT2D eigenvalue weighted by atomic mass is 16.5. The molecule has 0 saturated carbocycles. The highest BCUT2D eigenvalue weighted by molar-refractivity contribution is 5.79. The van der Waals surface area contributed by atoms with Crippen LogP contribution in [0.1, 0.15) is 24.2 Å². The van der Waals surface area contributed by atoms with Crippen LogP contribution >= 0.6 is 0 Å². The maximum Gasteiger partial charge on any atom is 0.227 e. The summed E-state index contributed by atoms with van der Waals surface area (Å²) in [6.07, 6.45) is 1.97. The zero-order valence-electron chi connectivity index (χ0n) is 13.4. The van der Waals surface area contributed by atoms with Crippen molar-refractivity contribution in [2.24, 2.45) is 5.92 Å². The Morgan fingerprint density at radius 2 is 1.86 bits per heavy atom. The zero-order chi connectivity index (χ0) is 15.5. The lowest BCUT2D eigenvalue weighted by atomic mass is 9.96. The average Bonchev–Trinajstić information content (AvgIpc) is 2.54. The SMILES string of the molecule is Cc1cc(C)nc(N2CCCC(C(=O)N3CCOCC3)C2)n1. The van der Waals surface area contributed by atoms with Gasteiger partial charge in [0.05, 0.1) is 19.1 Å². The van der Waals surface area contributed by atoms with Gasteiger partial charge in [0.2, 0.25) is 11.9 Å². The monoisotopic (exact) mass is 304 g/mol. The van der Waals surface area contributed by atoms with E-state index in [0.29, 0.717) is 13.2 Å². The van der Waals surface area contributed by atoms with Crippen molar-refractivity contribution in [3.8, 4) is 0 Å². The second-order valence-corrected chi connectivity index (χ2v) is 6.17. The molecule has 1 aromatic rings. The first-order valence-electron chi connectivity index (χ1n) is 8.07. The van der Waals surface area contributed by atoms with Crippen LogP contribution in [0, 0.1) is 19.8 Å². The quantitative estimate of drug-likeness (QED) is 0.821. The van der Waals surface area contributed by atoms with Crippen molar-refractivity contribution in [3.05, 3.63) is 17.5 Å². The molecule has 22 heavy (non-hydrogen) atoms. The third-order valence-corrected chi connectivity index (χ3v) is 4.35. The maximum atomic E-state index is 12.7. The lowest BCUT2D eigenvalue weighted by Gasteiger charge is -2.36. The summed E-state index contributed by atoms with van der Waals surface area (Å²) in [5, 5.41) is 0. The third kappa shape index (κ3) is 3.38. The van der Waals surface area contributed by atoms with E-state index in [1.165, 1.54) is 0 Å². The Kier molecular flexibility index (Phi) is 4.57. The number of morpholine rings is 1. The minimum atomic E-state index is 0.0521. The van der Waals surface area contributed by atoms with E-state index in [4.69, 9.17) is 4.74 Å². The van der Waals surface area contributed by atoms with Gasteiger partial charge in [-0.1, -0.05) is 0 Å². The van der Waals surface area contributed by atoms with Crippen molar-refractivity contribution >= 4 is 11.9 Å². The number of carbonyl (C=O) groups excluding carboxylic acids is 1. The summed E-state index contributed by atoms with van der Waals surface area (Å²) < 4.78 is 5.33. The molecule has 0 aliphatic carbocycles. The van der Waals surface area contributed by atoms with Crippen LogP contribution in [0.25, 0.3) is 0 Å². The molecular formula is C16H24N4O2. The molecule has 3 rings (SSSR count). The molecule has 2 saturated heterocycles. The molecule has 1 atom stereocenters.